The summed E-state index contributed by atoms with van der Waals surface area (Å²) in [6.07, 6.45) is 1.49. The van der Waals surface area contributed by atoms with Crippen LogP contribution in [0.4, 0.5) is 0 Å². The molecule has 0 aromatic carbocycles. The number of nitrogens with one attached hydrogen (secondary N) is 1. The predicted molar refractivity (Wildman–Crippen MR) is 91.1 cm³/mol. The molecular weight excluding hydrogens is 374 g/mol. The average Bonchev–Trinajstić information content (AvgIpc) is 2.90. The number of hydrogen-bond donors (Lipinski definition) is 2. The predicted octanol–water partition coefficient (Wildman–Crippen LogP) is 2.17. The second-order valence-electron chi connectivity index (χ2n) is 5.00. The third kappa shape index (κ3) is 5.30. The normalized spacial score (nSPS) is 10.8. The number of furan rings is 1. The summed E-state index contributed by atoms with van der Waals surface area (Å²) in [7, 11) is 1.56. The second kappa shape index (κ2) is 9.17. The highest BCUT2D eigenvalue weighted by molar-refractivity contribution is 9.10. The van der Waals surface area contributed by atoms with Gasteiger partial charge in [-0.1, -0.05) is 13.8 Å². The highest BCUT2D eigenvalue weighted by Crippen LogP contribution is 2.16. The van der Waals surface area contributed by atoms with E-state index in [1.807, 2.05) is 13.8 Å². The Kier molecular flexibility index (Phi) is 8.73. The van der Waals surface area contributed by atoms with Crippen LogP contribution in [-0.4, -0.2) is 42.4 Å². The first-order valence-electron chi connectivity index (χ1n) is 6.89. The summed E-state index contributed by atoms with van der Waals surface area (Å²) in [6.45, 7) is 4.28. The Balaban J connectivity index is 0.00000441. The fraction of sp³-hybridized carbons (Fsp3) is 0.571. The molecule has 0 atom stereocenters. The third-order valence-corrected chi connectivity index (χ3v) is 4.09. The largest absolute Gasteiger partial charge is 0.444 e. The molecule has 1 heterocycles. The van der Waals surface area contributed by atoms with Crippen LogP contribution in [0, 0.1) is 0 Å². The first-order chi connectivity index (χ1) is 9.87. The summed E-state index contributed by atoms with van der Waals surface area (Å²) in [5.74, 6) is -0.388. The van der Waals surface area contributed by atoms with Gasteiger partial charge >= 0.3 is 0 Å². The van der Waals surface area contributed by atoms with E-state index >= 15 is 0 Å². The Labute approximate surface area is 145 Å². The molecule has 126 valence electrons. The van der Waals surface area contributed by atoms with Gasteiger partial charge in [0, 0.05) is 13.6 Å². The van der Waals surface area contributed by atoms with E-state index in [0.717, 1.165) is 12.8 Å². The summed E-state index contributed by atoms with van der Waals surface area (Å²) in [4.78, 5) is 25.5. The molecular formula is C14H23BrClN3O3. The zero-order valence-electron chi connectivity index (χ0n) is 13.0. The van der Waals surface area contributed by atoms with Crippen molar-refractivity contribution in [3.63, 3.8) is 0 Å². The zero-order chi connectivity index (χ0) is 16.0. The highest BCUT2D eigenvalue weighted by Gasteiger charge is 2.27. The Morgan fingerprint density at radius 1 is 1.36 bits per heavy atom. The number of nitrogens with zero attached hydrogens (tertiary/aromatic N) is 1. The Morgan fingerprint density at radius 3 is 2.36 bits per heavy atom. The number of likely N-dealkylation sites (N-methyl/N-ethyl adjacent to an activating group) is 1. The maximum Gasteiger partial charge on any atom is 0.289 e. The van der Waals surface area contributed by atoms with Gasteiger partial charge in [0.05, 0.1) is 12.1 Å². The van der Waals surface area contributed by atoms with E-state index in [0.29, 0.717) is 11.2 Å². The molecule has 1 aromatic rings. The van der Waals surface area contributed by atoms with Crippen molar-refractivity contribution >= 4 is 40.2 Å². The first-order valence-corrected chi connectivity index (χ1v) is 7.68. The molecule has 1 rings (SSSR count). The lowest BCUT2D eigenvalue weighted by atomic mass is 9.93. The van der Waals surface area contributed by atoms with Crippen LogP contribution in [-0.2, 0) is 4.79 Å². The van der Waals surface area contributed by atoms with E-state index in [1.54, 1.807) is 19.2 Å². The first kappa shape index (κ1) is 20.9. The van der Waals surface area contributed by atoms with Gasteiger partial charge in [-0.15, -0.1) is 12.4 Å². The molecule has 0 aliphatic carbocycles. The van der Waals surface area contributed by atoms with Crippen LogP contribution in [0.5, 0.6) is 0 Å². The lowest BCUT2D eigenvalue weighted by molar-refractivity contribution is -0.123. The van der Waals surface area contributed by atoms with E-state index in [2.05, 4.69) is 21.2 Å². The topological polar surface area (TPSA) is 88.6 Å². The Morgan fingerprint density at radius 2 is 1.95 bits per heavy atom. The molecule has 0 aliphatic rings. The molecule has 0 saturated carbocycles. The molecule has 0 unspecified atom stereocenters. The van der Waals surface area contributed by atoms with Gasteiger partial charge in [0.15, 0.2) is 10.4 Å². The van der Waals surface area contributed by atoms with Crippen LogP contribution >= 0.6 is 28.3 Å². The number of halogens is 2. The number of carbonyl (C=O) groups excluding carboxylic acids is 2. The molecule has 0 saturated heterocycles. The van der Waals surface area contributed by atoms with Gasteiger partial charge in [-0.05, 0) is 40.9 Å². The lowest BCUT2D eigenvalue weighted by Crippen LogP contribution is -2.55. The maximum absolute atomic E-state index is 12.1. The smallest absolute Gasteiger partial charge is 0.289 e. The molecule has 2 amide bonds. The van der Waals surface area contributed by atoms with Gasteiger partial charge < -0.3 is 20.4 Å². The van der Waals surface area contributed by atoms with Gasteiger partial charge in [-0.3, -0.25) is 9.59 Å². The van der Waals surface area contributed by atoms with Crippen molar-refractivity contribution in [2.75, 3.05) is 20.1 Å². The van der Waals surface area contributed by atoms with E-state index in [4.69, 9.17) is 10.2 Å². The van der Waals surface area contributed by atoms with Crippen molar-refractivity contribution in [2.24, 2.45) is 5.73 Å². The summed E-state index contributed by atoms with van der Waals surface area (Å²) >= 11 is 3.14. The molecule has 1 aromatic heterocycles. The maximum atomic E-state index is 12.1. The molecule has 0 aliphatic heterocycles. The second-order valence-corrected chi connectivity index (χ2v) is 5.79. The highest BCUT2D eigenvalue weighted by atomic mass is 79.9. The van der Waals surface area contributed by atoms with Crippen molar-refractivity contribution in [2.45, 2.75) is 32.2 Å². The number of rotatable bonds is 7. The van der Waals surface area contributed by atoms with E-state index < -0.39 is 5.54 Å². The number of nitrogens with two attached hydrogens (primary N) is 1. The minimum atomic E-state index is -0.408. The van der Waals surface area contributed by atoms with Crippen molar-refractivity contribution in [3.8, 4) is 0 Å². The lowest BCUT2D eigenvalue weighted by Gasteiger charge is -2.32. The number of hydrogen-bond acceptors (Lipinski definition) is 4. The van der Waals surface area contributed by atoms with Crippen molar-refractivity contribution in [1.82, 2.24) is 10.2 Å². The summed E-state index contributed by atoms with van der Waals surface area (Å²) in [6, 6.07) is 3.19. The summed E-state index contributed by atoms with van der Waals surface area (Å²) in [5, 5.41) is 2.92. The van der Waals surface area contributed by atoms with Crippen LogP contribution in [0.15, 0.2) is 21.2 Å². The SMILES string of the molecule is CCC(CC)(CN)NC(=O)CN(C)C(=O)c1ccc(Br)o1.Cl. The molecule has 22 heavy (non-hydrogen) atoms. The van der Waals surface area contributed by atoms with E-state index in [1.165, 1.54) is 4.90 Å². The minimum Gasteiger partial charge on any atom is -0.444 e. The quantitative estimate of drug-likeness (QED) is 0.739. The van der Waals surface area contributed by atoms with Crippen molar-refractivity contribution in [1.29, 1.82) is 0 Å². The fourth-order valence-electron chi connectivity index (χ4n) is 2.01. The van der Waals surface area contributed by atoms with E-state index in [-0.39, 0.29) is 36.5 Å². The van der Waals surface area contributed by atoms with Crippen molar-refractivity contribution < 1.29 is 14.0 Å². The molecule has 6 nitrogen and oxygen atoms in total. The Bertz CT molecular complexity index is 495. The van der Waals surface area contributed by atoms with Crippen LogP contribution in [0.2, 0.25) is 0 Å². The number of amides is 2. The van der Waals surface area contributed by atoms with Crippen molar-refractivity contribution in [3.05, 3.63) is 22.6 Å². The molecule has 0 radical (unpaired) electrons. The minimum absolute atomic E-state index is 0. The third-order valence-electron chi connectivity index (χ3n) is 3.66. The standard InChI is InChI=1S/C14H22BrN3O3.ClH/c1-4-14(5-2,9-16)17-12(19)8-18(3)13(20)10-6-7-11(15)21-10;/h6-7H,4-5,8-9,16H2,1-3H3,(H,17,19);1H. The Hall–Kier alpha value is -1.05. The molecule has 3 N–H and O–H groups in total. The van der Waals surface area contributed by atoms with Crippen LogP contribution in [0.25, 0.3) is 0 Å². The van der Waals surface area contributed by atoms with E-state index in [9.17, 15) is 9.59 Å². The van der Waals surface area contributed by atoms with Crippen LogP contribution in [0.1, 0.15) is 37.2 Å². The zero-order valence-corrected chi connectivity index (χ0v) is 15.4. The molecule has 0 fully saturated rings. The summed E-state index contributed by atoms with van der Waals surface area (Å²) in [5.41, 5.74) is 5.34. The van der Waals surface area contributed by atoms with Crippen LogP contribution in [0.3, 0.4) is 0 Å². The summed E-state index contributed by atoms with van der Waals surface area (Å²) < 4.78 is 5.66. The van der Waals surface area contributed by atoms with Gasteiger partial charge in [0.2, 0.25) is 5.91 Å². The number of carbonyl (C=O) groups is 2. The molecule has 8 heteroatoms. The van der Waals surface area contributed by atoms with Gasteiger partial charge in [0.25, 0.3) is 5.91 Å². The fourth-order valence-corrected chi connectivity index (χ4v) is 2.31. The van der Waals surface area contributed by atoms with Crippen LogP contribution < -0.4 is 11.1 Å². The van der Waals surface area contributed by atoms with Gasteiger partial charge in [-0.2, -0.15) is 0 Å². The monoisotopic (exact) mass is 395 g/mol. The van der Waals surface area contributed by atoms with Gasteiger partial charge in [0.1, 0.15) is 0 Å². The van der Waals surface area contributed by atoms with Gasteiger partial charge in [-0.25, -0.2) is 0 Å². The molecule has 0 bridgehead atoms. The average molecular weight is 397 g/mol. The molecule has 0 spiro atoms.